The Labute approximate surface area is 91.8 Å². The van der Waals surface area contributed by atoms with Crippen LogP contribution < -0.4 is 5.32 Å². The fraction of sp³-hybridized carbons (Fsp3) is 1.00. The van der Waals surface area contributed by atoms with E-state index in [4.69, 9.17) is 0 Å². The van der Waals surface area contributed by atoms with Crippen LogP contribution in [0.2, 0.25) is 0 Å². The first kappa shape index (κ1) is 18.0. The molecule has 0 aliphatic rings. The molecular formula is C7H15F4NO3S. The van der Waals surface area contributed by atoms with Crippen molar-refractivity contribution < 1.29 is 35.8 Å². The van der Waals surface area contributed by atoms with E-state index >= 15 is 0 Å². The predicted octanol–water partition coefficient (Wildman–Crippen LogP) is 0.0216. The molecule has 0 amide bonds. The van der Waals surface area contributed by atoms with E-state index in [2.05, 4.69) is 0 Å². The molecule has 0 fully saturated rings. The van der Waals surface area contributed by atoms with Crippen LogP contribution in [0.1, 0.15) is 13.3 Å². The lowest BCUT2D eigenvalue weighted by Crippen LogP contribution is -2.74. The normalized spacial score (nSPS) is 13.0. The third-order valence-corrected chi connectivity index (χ3v) is 1.73. The number of rotatable bonds is 4. The summed E-state index contributed by atoms with van der Waals surface area (Å²) in [7, 11) is -1.19. The van der Waals surface area contributed by atoms with Gasteiger partial charge in [0.1, 0.15) is 15.9 Å². The standard InChI is InChI=1S/C5H8F4O3S.C2H7N/c1-4(6,7)2-5(8,9)3-13(10,11)12;1-3-2/h2-3H2,1H3,(H,10,11,12);3H,1-2H3. The zero-order chi connectivity index (χ0) is 13.6. The number of hydrogen-bond donors (Lipinski definition) is 1. The van der Waals surface area contributed by atoms with Gasteiger partial charge in [-0.1, -0.05) is 0 Å². The molecule has 0 radical (unpaired) electrons. The summed E-state index contributed by atoms with van der Waals surface area (Å²) in [5.74, 6) is -9.98. The van der Waals surface area contributed by atoms with Gasteiger partial charge in [-0.2, -0.15) is 0 Å². The molecule has 2 N–H and O–H groups in total. The monoisotopic (exact) mass is 269 g/mol. The summed E-state index contributed by atoms with van der Waals surface area (Å²) in [6, 6.07) is 0. The topological polar surface area (TPSA) is 73.8 Å². The van der Waals surface area contributed by atoms with Crippen molar-refractivity contribution in [1.29, 1.82) is 0 Å². The first-order valence-corrected chi connectivity index (χ1v) is 5.84. The lowest BCUT2D eigenvalue weighted by molar-refractivity contribution is -0.597. The second kappa shape index (κ2) is 6.36. The van der Waals surface area contributed by atoms with Crippen LogP contribution in [-0.2, 0) is 10.1 Å². The average Bonchev–Trinajstić information content (AvgIpc) is 1.73. The smallest absolute Gasteiger partial charge is 0.266 e. The second-order valence-electron chi connectivity index (χ2n) is 3.38. The zero-order valence-electron chi connectivity index (χ0n) is 9.14. The van der Waals surface area contributed by atoms with Gasteiger partial charge in [-0.3, -0.25) is 0 Å². The summed E-state index contributed by atoms with van der Waals surface area (Å²) in [4.78, 5) is 0. The maximum Gasteiger partial charge on any atom is 0.266 e. The second-order valence-corrected chi connectivity index (χ2v) is 4.79. The third kappa shape index (κ3) is 16.0. The molecule has 0 atom stereocenters. The summed E-state index contributed by atoms with van der Waals surface area (Å²) < 4.78 is 78.3. The molecule has 0 bridgehead atoms. The first-order chi connectivity index (χ1) is 6.83. The lowest BCUT2D eigenvalue weighted by atomic mass is 10.2. The summed E-state index contributed by atoms with van der Waals surface area (Å²) in [5, 5.41) is 2.00. The van der Waals surface area contributed by atoms with E-state index in [-0.39, 0.29) is 6.92 Å². The molecule has 100 valence electrons. The van der Waals surface area contributed by atoms with Gasteiger partial charge < -0.3 is 9.87 Å². The number of nitrogens with two attached hydrogens (primary N) is 1. The van der Waals surface area contributed by atoms with Crippen LogP contribution in [0.25, 0.3) is 0 Å². The quantitative estimate of drug-likeness (QED) is 0.577. The van der Waals surface area contributed by atoms with Crippen LogP contribution in [-0.4, -0.2) is 44.7 Å². The Bertz CT molecular complexity index is 286. The predicted molar refractivity (Wildman–Crippen MR) is 48.5 cm³/mol. The molecule has 9 heteroatoms. The van der Waals surface area contributed by atoms with Crippen LogP contribution in [0.4, 0.5) is 17.6 Å². The molecule has 0 aromatic heterocycles. The van der Waals surface area contributed by atoms with Gasteiger partial charge in [0, 0.05) is 0 Å². The highest BCUT2D eigenvalue weighted by molar-refractivity contribution is 7.85. The Balaban J connectivity index is 0. The molecule has 0 aromatic rings. The van der Waals surface area contributed by atoms with Crippen LogP contribution in [0.3, 0.4) is 0 Å². The Morgan fingerprint density at radius 3 is 1.69 bits per heavy atom. The van der Waals surface area contributed by atoms with Gasteiger partial charge in [-0.05, 0) is 6.92 Å². The van der Waals surface area contributed by atoms with E-state index in [0.29, 0.717) is 0 Å². The molecule has 0 aromatic carbocycles. The highest BCUT2D eigenvalue weighted by Gasteiger charge is 2.41. The molecule has 4 nitrogen and oxygen atoms in total. The molecule has 0 spiro atoms. The van der Waals surface area contributed by atoms with Crippen molar-refractivity contribution in [3.63, 3.8) is 0 Å². The summed E-state index contributed by atoms with van der Waals surface area (Å²) in [5.41, 5.74) is 0. The largest absolute Gasteiger partial charge is 0.748 e. The SMILES string of the molecule is CC(F)(F)CC(F)(F)CS(=O)(=O)[O-].C[NH2+]C. The van der Waals surface area contributed by atoms with E-state index in [1.165, 1.54) is 0 Å². The molecule has 0 aliphatic carbocycles. The third-order valence-electron chi connectivity index (χ3n) is 0.957. The van der Waals surface area contributed by atoms with E-state index < -0.39 is 34.1 Å². The summed E-state index contributed by atoms with van der Waals surface area (Å²) >= 11 is 0. The summed E-state index contributed by atoms with van der Waals surface area (Å²) in [6.07, 6.45) is -1.94. The minimum absolute atomic E-state index is 0.221. The van der Waals surface area contributed by atoms with Crippen LogP contribution in [0.5, 0.6) is 0 Å². The fourth-order valence-electron chi connectivity index (χ4n) is 0.764. The van der Waals surface area contributed by atoms with Gasteiger partial charge in [0.25, 0.3) is 11.8 Å². The van der Waals surface area contributed by atoms with Gasteiger partial charge >= 0.3 is 0 Å². The number of hydrogen-bond acceptors (Lipinski definition) is 3. The van der Waals surface area contributed by atoms with E-state index in [9.17, 15) is 30.5 Å². The fourth-order valence-corrected chi connectivity index (χ4v) is 1.38. The molecular weight excluding hydrogens is 254 g/mol. The Kier molecular flexibility index (Phi) is 7.14. The van der Waals surface area contributed by atoms with Crippen LogP contribution in [0.15, 0.2) is 0 Å². The van der Waals surface area contributed by atoms with Crippen molar-refractivity contribution in [2.45, 2.75) is 25.2 Å². The molecule has 0 heterocycles. The minimum Gasteiger partial charge on any atom is -0.748 e. The number of quaternary nitrogens is 1. The molecule has 0 unspecified atom stereocenters. The van der Waals surface area contributed by atoms with Crippen molar-refractivity contribution >= 4 is 10.1 Å². The van der Waals surface area contributed by atoms with Gasteiger partial charge in [0.15, 0.2) is 0 Å². The van der Waals surface area contributed by atoms with E-state index in [1.54, 1.807) is 0 Å². The minimum atomic E-state index is -5.19. The van der Waals surface area contributed by atoms with Gasteiger partial charge in [0.2, 0.25) is 0 Å². The van der Waals surface area contributed by atoms with Crippen molar-refractivity contribution in [1.82, 2.24) is 0 Å². The Hall–Kier alpha value is -0.410. The average molecular weight is 269 g/mol. The maximum atomic E-state index is 12.4. The molecule has 0 aliphatic heterocycles. The zero-order valence-corrected chi connectivity index (χ0v) is 9.95. The molecule has 16 heavy (non-hydrogen) atoms. The van der Waals surface area contributed by atoms with Crippen molar-refractivity contribution in [3.8, 4) is 0 Å². The lowest BCUT2D eigenvalue weighted by Gasteiger charge is -2.21. The van der Waals surface area contributed by atoms with Crippen LogP contribution in [0, 0.1) is 0 Å². The molecule has 0 rings (SSSR count). The van der Waals surface area contributed by atoms with Crippen LogP contribution >= 0.6 is 0 Å². The maximum absolute atomic E-state index is 12.4. The number of alkyl halides is 4. The van der Waals surface area contributed by atoms with Crippen molar-refractivity contribution in [3.05, 3.63) is 0 Å². The summed E-state index contributed by atoms with van der Waals surface area (Å²) in [6.45, 7) is 0.221. The van der Waals surface area contributed by atoms with Crippen molar-refractivity contribution in [2.24, 2.45) is 0 Å². The highest BCUT2D eigenvalue weighted by atomic mass is 32.2. The van der Waals surface area contributed by atoms with E-state index in [1.807, 2.05) is 19.4 Å². The van der Waals surface area contributed by atoms with Gasteiger partial charge in [-0.25, -0.2) is 26.0 Å². The van der Waals surface area contributed by atoms with E-state index in [0.717, 1.165) is 0 Å². The molecule has 0 saturated heterocycles. The van der Waals surface area contributed by atoms with Crippen molar-refractivity contribution in [2.75, 3.05) is 19.8 Å². The highest BCUT2D eigenvalue weighted by Crippen LogP contribution is 2.30. The van der Waals surface area contributed by atoms with Gasteiger partial charge in [-0.15, -0.1) is 0 Å². The van der Waals surface area contributed by atoms with Gasteiger partial charge in [0.05, 0.1) is 20.5 Å². The Morgan fingerprint density at radius 2 is 1.50 bits per heavy atom. The number of halogens is 4. The Morgan fingerprint density at radius 1 is 1.19 bits per heavy atom. The molecule has 0 saturated carbocycles. The first-order valence-electron chi connectivity index (χ1n) is 4.26.